The predicted molar refractivity (Wildman–Crippen MR) is 47.7 cm³/mol. The summed E-state index contributed by atoms with van der Waals surface area (Å²) < 4.78 is 0. The molecule has 0 bridgehead atoms. The van der Waals surface area contributed by atoms with Gasteiger partial charge in [-0.05, 0) is 0 Å². The predicted octanol–water partition coefficient (Wildman–Crippen LogP) is 3.51. The summed E-state index contributed by atoms with van der Waals surface area (Å²) in [6, 6.07) is 2.89. The van der Waals surface area contributed by atoms with Crippen LogP contribution in [-0.2, 0) is 0 Å². The first-order valence-corrected chi connectivity index (χ1v) is 7.06. The minimum Gasteiger partial charge on any atom is -0.0690 e. The van der Waals surface area contributed by atoms with Crippen LogP contribution in [-0.4, -0.2) is 8.07 Å². The molecule has 0 aliphatic heterocycles. The molecule has 0 heterocycles. The fourth-order valence-corrected chi connectivity index (χ4v) is 3.20. The molecule has 0 aromatic heterocycles. The maximum atomic E-state index is 2.51. The quantitative estimate of drug-likeness (QED) is 0.532. The van der Waals surface area contributed by atoms with Gasteiger partial charge in [0.25, 0.3) is 0 Å². The topological polar surface area (TPSA) is 0 Å². The Kier molecular flexibility index (Phi) is 3.48. The molecule has 0 aliphatic carbocycles. The Morgan fingerprint density at radius 3 is 1.44 bits per heavy atom. The largest absolute Gasteiger partial charge is 0.0690 e. The van der Waals surface area contributed by atoms with E-state index in [1.54, 1.807) is 0 Å². The van der Waals surface area contributed by atoms with Gasteiger partial charge in [0.2, 0.25) is 0 Å². The highest BCUT2D eigenvalue weighted by Gasteiger charge is 2.25. The summed E-state index contributed by atoms with van der Waals surface area (Å²) in [5, 5.41) is 0. The van der Waals surface area contributed by atoms with Gasteiger partial charge in [0.05, 0.1) is 8.07 Å². The van der Waals surface area contributed by atoms with E-state index in [1.807, 2.05) is 0 Å². The van der Waals surface area contributed by atoms with Gasteiger partial charge in [-0.25, -0.2) is 0 Å². The van der Waals surface area contributed by atoms with Crippen molar-refractivity contribution in [2.24, 2.45) is 0 Å². The highest BCUT2D eigenvalue weighted by atomic mass is 28.3. The molecule has 0 spiro atoms. The molecule has 56 valence electrons. The van der Waals surface area contributed by atoms with Crippen molar-refractivity contribution in [1.29, 1.82) is 0 Å². The van der Waals surface area contributed by atoms with Crippen LogP contribution in [0.1, 0.15) is 27.7 Å². The molecule has 0 N–H and O–H groups in total. The van der Waals surface area contributed by atoms with Crippen molar-refractivity contribution in [3.63, 3.8) is 0 Å². The van der Waals surface area contributed by atoms with Gasteiger partial charge in [0, 0.05) is 0 Å². The average molecular weight is 144 g/mol. The Morgan fingerprint density at radius 2 is 1.44 bits per heavy atom. The van der Waals surface area contributed by atoms with E-state index >= 15 is 0 Å². The zero-order valence-electron chi connectivity index (χ0n) is 7.49. The third-order valence-electron chi connectivity index (χ3n) is 3.01. The van der Waals surface area contributed by atoms with Crippen LogP contribution in [0, 0.1) is 0 Å². The maximum absolute atomic E-state index is 2.51. The summed E-state index contributed by atoms with van der Waals surface area (Å²) in [6.45, 7) is 11.9. The van der Waals surface area contributed by atoms with Crippen LogP contribution in [0.3, 0.4) is 0 Å². The Hall–Kier alpha value is 0.217. The van der Waals surface area contributed by atoms with E-state index in [0.29, 0.717) is 0 Å². The average Bonchev–Trinajstić information content (AvgIpc) is 1.86. The Morgan fingerprint density at radius 1 is 1.11 bits per heavy atom. The summed E-state index contributed by atoms with van der Waals surface area (Å²) >= 11 is 0. The van der Waals surface area contributed by atoms with E-state index in [4.69, 9.17) is 0 Å². The Labute approximate surface area is 60.7 Å². The zero-order valence-corrected chi connectivity index (χ0v) is 8.49. The van der Waals surface area contributed by atoms with Crippen molar-refractivity contribution in [2.45, 2.75) is 51.9 Å². The molecular weight excluding hydrogens is 124 g/mol. The molecule has 0 unspecified atom stereocenters. The molecule has 9 heavy (non-hydrogen) atoms. The fraction of sp³-hybridized carbons (Fsp3) is 1.00. The lowest BCUT2D eigenvalue weighted by molar-refractivity contribution is 0.967. The number of rotatable bonds is 3. The van der Waals surface area contributed by atoms with Crippen LogP contribution in [0.15, 0.2) is 0 Å². The first kappa shape index (κ1) is 9.22. The van der Waals surface area contributed by atoms with Crippen molar-refractivity contribution in [3.05, 3.63) is 0 Å². The molecular formula is C8H20Si. The lowest BCUT2D eigenvalue weighted by Gasteiger charge is -2.28. The van der Waals surface area contributed by atoms with Gasteiger partial charge in [-0.3, -0.25) is 0 Å². The van der Waals surface area contributed by atoms with Crippen LogP contribution in [0.4, 0.5) is 0 Å². The number of hydrogen-bond donors (Lipinski definition) is 0. The van der Waals surface area contributed by atoms with Gasteiger partial charge in [0.1, 0.15) is 0 Å². The van der Waals surface area contributed by atoms with E-state index < -0.39 is 8.07 Å². The number of hydrogen-bond acceptors (Lipinski definition) is 0. The summed E-state index contributed by atoms with van der Waals surface area (Å²) in [6.07, 6.45) is 0. The van der Waals surface area contributed by atoms with E-state index in [-0.39, 0.29) is 0 Å². The molecule has 0 aliphatic rings. The Bertz CT molecular complexity index is 72.6. The van der Waals surface area contributed by atoms with Gasteiger partial charge in [-0.1, -0.05) is 51.9 Å². The third kappa shape index (κ3) is 2.13. The van der Waals surface area contributed by atoms with Crippen molar-refractivity contribution >= 4 is 8.07 Å². The SMILES string of the molecule is CC[Si](C)(CC)C(C)C. The van der Waals surface area contributed by atoms with Crippen molar-refractivity contribution < 1.29 is 0 Å². The lowest BCUT2D eigenvalue weighted by atomic mass is 10.6. The minimum atomic E-state index is -0.775. The van der Waals surface area contributed by atoms with Gasteiger partial charge in [-0.15, -0.1) is 0 Å². The Balaban J connectivity index is 3.92. The maximum Gasteiger partial charge on any atom is 0.0525 e. The second-order valence-electron chi connectivity index (χ2n) is 3.52. The molecule has 0 nitrogen and oxygen atoms in total. The van der Waals surface area contributed by atoms with Crippen molar-refractivity contribution in [2.75, 3.05) is 0 Å². The lowest BCUT2D eigenvalue weighted by Crippen LogP contribution is -2.31. The van der Waals surface area contributed by atoms with Crippen LogP contribution >= 0.6 is 0 Å². The molecule has 0 aromatic carbocycles. The second kappa shape index (κ2) is 3.40. The smallest absolute Gasteiger partial charge is 0.0525 e. The van der Waals surface area contributed by atoms with Gasteiger partial charge < -0.3 is 0 Å². The van der Waals surface area contributed by atoms with Crippen LogP contribution in [0.25, 0.3) is 0 Å². The molecule has 0 amide bonds. The third-order valence-corrected chi connectivity index (χ3v) is 9.03. The molecule has 0 atom stereocenters. The molecule has 0 fully saturated rings. The summed E-state index contributed by atoms with van der Waals surface area (Å²) in [5.74, 6) is 0. The molecule has 0 saturated heterocycles. The standard InChI is InChI=1S/C8H20Si/c1-6-9(5,7-2)8(3)4/h8H,6-7H2,1-5H3. The first-order valence-electron chi connectivity index (χ1n) is 4.06. The van der Waals surface area contributed by atoms with Crippen LogP contribution in [0.2, 0.25) is 24.2 Å². The van der Waals surface area contributed by atoms with E-state index in [0.717, 1.165) is 5.54 Å². The molecule has 0 radical (unpaired) electrons. The molecule has 1 heteroatoms. The van der Waals surface area contributed by atoms with Crippen molar-refractivity contribution in [3.8, 4) is 0 Å². The summed E-state index contributed by atoms with van der Waals surface area (Å²) in [4.78, 5) is 0. The first-order chi connectivity index (χ1) is 4.06. The molecule has 0 rings (SSSR count). The van der Waals surface area contributed by atoms with E-state index in [9.17, 15) is 0 Å². The van der Waals surface area contributed by atoms with Crippen LogP contribution in [0.5, 0.6) is 0 Å². The van der Waals surface area contributed by atoms with Crippen molar-refractivity contribution in [1.82, 2.24) is 0 Å². The fourth-order valence-electron chi connectivity index (χ4n) is 1.07. The normalized spacial score (nSPS) is 12.7. The molecule has 0 saturated carbocycles. The highest BCUT2D eigenvalue weighted by Crippen LogP contribution is 2.27. The van der Waals surface area contributed by atoms with E-state index in [1.165, 1.54) is 12.1 Å². The van der Waals surface area contributed by atoms with Gasteiger partial charge >= 0.3 is 0 Å². The minimum absolute atomic E-state index is 0.775. The summed E-state index contributed by atoms with van der Waals surface area (Å²) in [7, 11) is -0.775. The summed E-state index contributed by atoms with van der Waals surface area (Å²) in [5.41, 5.74) is 0.965. The highest BCUT2D eigenvalue weighted by molar-refractivity contribution is 6.79. The van der Waals surface area contributed by atoms with Gasteiger partial charge in [0.15, 0.2) is 0 Å². The van der Waals surface area contributed by atoms with Gasteiger partial charge in [-0.2, -0.15) is 0 Å². The zero-order chi connectivity index (χ0) is 7.49. The monoisotopic (exact) mass is 144 g/mol. The van der Waals surface area contributed by atoms with Crippen LogP contribution < -0.4 is 0 Å². The second-order valence-corrected chi connectivity index (χ2v) is 9.39. The van der Waals surface area contributed by atoms with E-state index in [2.05, 4.69) is 34.2 Å². The molecule has 0 aromatic rings.